The van der Waals surface area contributed by atoms with Crippen molar-refractivity contribution in [3.63, 3.8) is 0 Å². The summed E-state index contributed by atoms with van der Waals surface area (Å²) in [5.74, 6) is -1.97. The Morgan fingerprint density at radius 1 is 1.06 bits per heavy atom. The van der Waals surface area contributed by atoms with Crippen molar-refractivity contribution in [2.24, 2.45) is 23.7 Å². The molecule has 6 rings (SSSR count). The zero-order chi connectivity index (χ0) is 33.5. The molecule has 1 N–H and O–H groups in total. The van der Waals surface area contributed by atoms with Crippen molar-refractivity contribution < 1.29 is 19.5 Å². The van der Waals surface area contributed by atoms with Crippen molar-refractivity contribution >= 4 is 40.5 Å². The van der Waals surface area contributed by atoms with Crippen molar-refractivity contribution in [2.75, 3.05) is 19.7 Å². The van der Waals surface area contributed by atoms with Gasteiger partial charge >= 0.3 is 0 Å². The summed E-state index contributed by atoms with van der Waals surface area (Å²) in [6, 6.07) is 15.9. The fourth-order valence-electron chi connectivity index (χ4n) is 8.13. The van der Waals surface area contributed by atoms with Crippen LogP contribution >= 0.6 is 11.8 Å². The van der Waals surface area contributed by atoms with E-state index in [1.54, 1.807) is 43.3 Å². The number of likely N-dealkylation sites (tertiary alicyclic amines) is 1. The molecule has 3 saturated heterocycles. The van der Waals surface area contributed by atoms with Crippen molar-refractivity contribution in [1.29, 1.82) is 0 Å². The van der Waals surface area contributed by atoms with Crippen molar-refractivity contribution in [3.8, 4) is 0 Å². The second-order valence-corrected chi connectivity index (χ2v) is 14.9. The molecule has 2 aromatic carbocycles. The number of carbonyl (C=O) groups is 3. The van der Waals surface area contributed by atoms with Crippen LogP contribution in [0.5, 0.6) is 0 Å². The van der Waals surface area contributed by atoms with Crippen LogP contribution in [0.25, 0.3) is 11.0 Å². The molecule has 7 atom stereocenters. The van der Waals surface area contributed by atoms with Gasteiger partial charge in [-0.15, -0.1) is 30.0 Å². The summed E-state index contributed by atoms with van der Waals surface area (Å²) in [5, 5.41) is 19.2. The van der Waals surface area contributed by atoms with Gasteiger partial charge in [-0.3, -0.25) is 14.4 Å². The Kier molecular flexibility index (Phi) is 9.31. The van der Waals surface area contributed by atoms with E-state index in [0.29, 0.717) is 13.1 Å². The third-order valence-corrected chi connectivity index (χ3v) is 12.4. The number of hydrogen-bond donors (Lipinski definition) is 1. The minimum Gasteiger partial charge on any atom is -0.394 e. The fourth-order valence-corrected chi connectivity index (χ4v) is 10.5. The molecule has 248 valence electrons. The standard InChI is InChI=1S/C36H44N6O4S/c1-6-17-39(20-25-13-9-8-10-14-25)33(44)30-29-19-24(5)36(47-29)31(30)34(45)42(28(21-43)23(3)4)32(36)35(46)40(18-7-2)22-41-27-16-12-11-15-26(27)37-38-41/h6-16,23-24,28-32,43H,1-2,17-22H2,3-5H3/t24?,28-,29+,30-,31-,32?,36?/m0/s1. The highest BCUT2D eigenvalue weighted by Gasteiger charge is 2.77. The Morgan fingerprint density at radius 3 is 2.43 bits per heavy atom. The molecule has 10 nitrogen and oxygen atoms in total. The van der Waals surface area contributed by atoms with Gasteiger partial charge in [0.25, 0.3) is 0 Å². The van der Waals surface area contributed by atoms with Gasteiger partial charge in [0.2, 0.25) is 17.7 Å². The summed E-state index contributed by atoms with van der Waals surface area (Å²) in [6.45, 7) is 14.6. The molecule has 0 saturated carbocycles. The van der Waals surface area contributed by atoms with Gasteiger partial charge in [0.15, 0.2) is 0 Å². The number of para-hydroxylation sites is 1. The first kappa shape index (κ1) is 33.0. The quantitative estimate of drug-likeness (QED) is 0.277. The molecule has 3 aliphatic rings. The number of amides is 3. The van der Waals surface area contributed by atoms with Crippen LogP contribution in [0.1, 0.15) is 32.8 Å². The molecule has 3 aromatic rings. The Bertz CT molecular complexity index is 1660. The van der Waals surface area contributed by atoms with Crippen molar-refractivity contribution in [3.05, 3.63) is 85.5 Å². The van der Waals surface area contributed by atoms with Crippen molar-refractivity contribution in [1.82, 2.24) is 29.7 Å². The number of hydrogen-bond acceptors (Lipinski definition) is 7. The van der Waals surface area contributed by atoms with E-state index < -0.39 is 28.7 Å². The molecular weight excluding hydrogens is 613 g/mol. The molecular formula is C36H44N6O4S. The predicted molar refractivity (Wildman–Crippen MR) is 183 cm³/mol. The third kappa shape index (κ3) is 5.47. The van der Waals surface area contributed by atoms with Crippen LogP contribution in [0.4, 0.5) is 0 Å². The fraction of sp³-hybridized carbons (Fsp3) is 0.472. The van der Waals surface area contributed by atoms with Crippen LogP contribution in [0.15, 0.2) is 79.9 Å². The number of thioether (sulfide) groups is 1. The maximum Gasteiger partial charge on any atom is 0.248 e. The van der Waals surface area contributed by atoms with Crippen molar-refractivity contribution in [2.45, 2.75) is 62.5 Å². The highest BCUT2D eigenvalue weighted by molar-refractivity contribution is 8.02. The lowest BCUT2D eigenvalue weighted by molar-refractivity contribution is -0.148. The molecule has 11 heteroatoms. The van der Waals surface area contributed by atoms with E-state index in [1.807, 2.05) is 68.4 Å². The SMILES string of the molecule is C=CCN(Cn1nnc2ccccc21)C(=O)C1N([C@@H](CO)C(C)C)C(=O)[C@@H]2[C@@H](C(=O)N(CC=C)Cc3ccccc3)[C@H]3CC(C)C12S3. The monoisotopic (exact) mass is 656 g/mol. The van der Waals surface area contributed by atoms with Gasteiger partial charge < -0.3 is 19.8 Å². The summed E-state index contributed by atoms with van der Waals surface area (Å²) in [7, 11) is 0. The van der Waals surface area contributed by atoms with Gasteiger partial charge in [0, 0.05) is 24.9 Å². The Hall–Kier alpha value is -3.96. The normalized spacial score (nSPS) is 26.9. The van der Waals surface area contributed by atoms with Gasteiger partial charge in [-0.05, 0) is 36.0 Å². The number of rotatable bonds is 13. The van der Waals surface area contributed by atoms with E-state index >= 15 is 4.79 Å². The van der Waals surface area contributed by atoms with Crippen LogP contribution in [0.2, 0.25) is 0 Å². The van der Waals surface area contributed by atoms with Crippen LogP contribution in [-0.4, -0.2) is 94.3 Å². The minimum atomic E-state index is -0.876. The van der Waals surface area contributed by atoms with Gasteiger partial charge in [-0.25, -0.2) is 4.68 Å². The number of aliphatic hydroxyl groups is 1. The zero-order valence-electron chi connectivity index (χ0n) is 27.3. The van der Waals surface area contributed by atoms with Crippen LogP contribution in [0, 0.1) is 23.7 Å². The maximum absolute atomic E-state index is 15.0. The summed E-state index contributed by atoms with van der Waals surface area (Å²) in [6.07, 6.45) is 4.11. The molecule has 1 aromatic heterocycles. The molecule has 3 unspecified atom stereocenters. The van der Waals surface area contributed by atoms with E-state index in [4.69, 9.17) is 0 Å². The highest BCUT2D eigenvalue weighted by Crippen LogP contribution is 2.69. The molecule has 1 spiro atoms. The van der Waals surface area contributed by atoms with Crippen LogP contribution < -0.4 is 0 Å². The number of benzene rings is 2. The third-order valence-electron chi connectivity index (χ3n) is 10.3. The summed E-state index contributed by atoms with van der Waals surface area (Å²) in [5.41, 5.74) is 2.50. The number of aromatic nitrogens is 3. The lowest BCUT2D eigenvalue weighted by atomic mass is 9.65. The second-order valence-electron chi connectivity index (χ2n) is 13.4. The first-order chi connectivity index (χ1) is 22.7. The molecule has 3 aliphatic heterocycles. The minimum absolute atomic E-state index is 0.0132. The van der Waals surface area contributed by atoms with Gasteiger partial charge in [0.05, 0.1) is 34.7 Å². The Morgan fingerprint density at radius 2 is 1.74 bits per heavy atom. The molecule has 3 fully saturated rings. The van der Waals surface area contributed by atoms with E-state index in [-0.39, 0.29) is 54.6 Å². The van der Waals surface area contributed by atoms with E-state index in [1.165, 1.54) is 0 Å². The van der Waals surface area contributed by atoms with Gasteiger partial charge in [-0.2, -0.15) is 0 Å². The number of nitrogens with zero attached hydrogens (tertiary/aromatic N) is 6. The number of carbonyl (C=O) groups excluding carboxylic acids is 3. The second kappa shape index (κ2) is 13.3. The maximum atomic E-state index is 15.0. The highest BCUT2D eigenvalue weighted by atomic mass is 32.2. The van der Waals surface area contributed by atoms with Gasteiger partial charge in [-0.1, -0.05) is 80.6 Å². The lowest BCUT2D eigenvalue weighted by Gasteiger charge is -2.42. The Labute approximate surface area is 280 Å². The van der Waals surface area contributed by atoms with E-state index in [0.717, 1.165) is 23.0 Å². The summed E-state index contributed by atoms with van der Waals surface area (Å²) >= 11 is 1.64. The zero-order valence-corrected chi connectivity index (χ0v) is 28.1. The predicted octanol–water partition coefficient (Wildman–Crippen LogP) is 3.97. The smallest absolute Gasteiger partial charge is 0.248 e. The van der Waals surface area contributed by atoms with E-state index in [9.17, 15) is 14.7 Å². The molecule has 47 heavy (non-hydrogen) atoms. The lowest BCUT2D eigenvalue weighted by Crippen LogP contribution is -2.60. The molecule has 2 bridgehead atoms. The van der Waals surface area contributed by atoms with Crippen LogP contribution in [-0.2, 0) is 27.6 Å². The number of fused-ring (bicyclic) bond motifs is 2. The molecule has 4 heterocycles. The summed E-state index contributed by atoms with van der Waals surface area (Å²) < 4.78 is 0.850. The molecule has 0 aliphatic carbocycles. The average molecular weight is 657 g/mol. The topological polar surface area (TPSA) is 112 Å². The molecule has 0 radical (unpaired) electrons. The van der Waals surface area contributed by atoms with Gasteiger partial charge in [0.1, 0.15) is 18.2 Å². The first-order valence-electron chi connectivity index (χ1n) is 16.4. The molecule has 3 amide bonds. The van der Waals surface area contributed by atoms with Crippen LogP contribution in [0.3, 0.4) is 0 Å². The summed E-state index contributed by atoms with van der Waals surface area (Å²) in [4.78, 5) is 49.6. The van der Waals surface area contributed by atoms with E-state index in [2.05, 4.69) is 30.4 Å². The first-order valence-corrected chi connectivity index (χ1v) is 17.3. The Balaban J connectivity index is 1.41. The number of aliphatic hydroxyl groups excluding tert-OH is 1. The largest absolute Gasteiger partial charge is 0.394 e. The average Bonchev–Trinajstić information content (AvgIpc) is 3.78.